The summed E-state index contributed by atoms with van der Waals surface area (Å²) in [6.45, 7) is 0. The Kier molecular flexibility index (Phi) is 6.96. The number of fused-ring (bicyclic) bond motifs is 6. The minimum Gasteiger partial charge on any atom is -0.308 e. The number of para-hydroxylation sites is 2. The zero-order valence-corrected chi connectivity index (χ0v) is 29.5. The first-order valence-electron chi connectivity index (χ1n) is 18.6. The number of nitrogens with zero attached hydrogens (tertiary/aromatic N) is 4. The molecule has 0 saturated heterocycles. The summed E-state index contributed by atoms with van der Waals surface area (Å²) in [5.74, 6) is 0. The Morgan fingerprint density at radius 1 is 0.426 bits per heavy atom. The third-order valence-electron chi connectivity index (χ3n) is 11.0. The summed E-state index contributed by atoms with van der Waals surface area (Å²) < 4.78 is 0. The number of anilines is 6. The second-order valence-corrected chi connectivity index (χ2v) is 14.1. The molecule has 54 heavy (non-hydrogen) atoms. The Balaban J connectivity index is 1.24. The monoisotopic (exact) mass is 690 g/mol. The van der Waals surface area contributed by atoms with Gasteiger partial charge in [-0.05, 0) is 94.7 Å². The molecule has 2 aliphatic rings. The van der Waals surface area contributed by atoms with Gasteiger partial charge in [0.05, 0.1) is 28.5 Å². The number of rotatable bonds is 6. The zero-order chi connectivity index (χ0) is 35.6. The van der Waals surface area contributed by atoms with Crippen LogP contribution in [-0.4, -0.2) is 9.97 Å². The van der Waals surface area contributed by atoms with Crippen molar-refractivity contribution in [2.75, 3.05) is 9.80 Å². The van der Waals surface area contributed by atoms with Crippen LogP contribution >= 0.6 is 0 Å². The van der Waals surface area contributed by atoms with Crippen LogP contribution in [0.25, 0.3) is 61.2 Å². The molecular formula is C50H34N4. The van der Waals surface area contributed by atoms with E-state index in [0.717, 1.165) is 74.8 Å². The quantitative estimate of drug-likeness (QED) is 0.174. The van der Waals surface area contributed by atoms with Crippen molar-refractivity contribution in [3.05, 3.63) is 187 Å². The Morgan fingerprint density at radius 3 is 1.72 bits per heavy atom. The van der Waals surface area contributed by atoms with Crippen molar-refractivity contribution in [3.8, 4) is 22.5 Å². The van der Waals surface area contributed by atoms with Crippen molar-refractivity contribution in [2.45, 2.75) is 12.8 Å². The molecule has 1 heterocycles. The number of allylic oxidation sites excluding steroid dienone is 1. The molecular weight excluding hydrogens is 657 g/mol. The number of hydrogen-bond acceptors (Lipinski definition) is 4. The zero-order valence-electron chi connectivity index (χ0n) is 29.5. The van der Waals surface area contributed by atoms with Gasteiger partial charge >= 0.3 is 0 Å². The summed E-state index contributed by atoms with van der Waals surface area (Å²) in [5.41, 5.74) is 14.7. The van der Waals surface area contributed by atoms with E-state index in [0.29, 0.717) is 0 Å². The van der Waals surface area contributed by atoms with Crippen molar-refractivity contribution in [1.29, 1.82) is 0 Å². The standard InChI is InChI=1S/C50H34N4/c1-3-20-37(21-4-1)53(39-29-28-33-14-7-8-16-36(33)32-39)44-30-31-45(54(38-22-5-2-6-23-38)43-27-13-17-34-15-9-10-24-40(34)43)50-49(44)51-47-41-25-11-18-35-19-12-26-42(46(35)41)48(47)52-50/h1-9,11-23,25-32H,10,24H2. The molecule has 0 unspecified atom stereocenters. The van der Waals surface area contributed by atoms with Crippen LogP contribution in [0.4, 0.5) is 34.1 Å². The summed E-state index contributed by atoms with van der Waals surface area (Å²) in [5, 5.41) is 4.81. The van der Waals surface area contributed by atoms with Gasteiger partial charge in [-0.1, -0.05) is 127 Å². The molecule has 8 aromatic carbocycles. The molecule has 9 aromatic rings. The second-order valence-electron chi connectivity index (χ2n) is 14.1. The van der Waals surface area contributed by atoms with E-state index in [1.54, 1.807) is 0 Å². The lowest BCUT2D eigenvalue weighted by Crippen LogP contribution is -2.16. The molecule has 0 spiro atoms. The van der Waals surface area contributed by atoms with Crippen LogP contribution in [0.3, 0.4) is 0 Å². The van der Waals surface area contributed by atoms with Gasteiger partial charge in [-0.15, -0.1) is 0 Å². The maximum Gasteiger partial charge on any atom is 0.116 e. The summed E-state index contributed by atoms with van der Waals surface area (Å²) in [7, 11) is 0. The topological polar surface area (TPSA) is 32.3 Å². The fourth-order valence-corrected chi connectivity index (χ4v) is 8.55. The molecule has 4 heteroatoms. The van der Waals surface area contributed by atoms with Gasteiger partial charge in [-0.2, -0.15) is 0 Å². The second kappa shape index (κ2) is 12.3. The minimum atomic E-state index is 0.846. The first-order chi connectivity index (χ1) is 26.8. The van der Waals surface area contributed by atoms with E-state index < -0.39 is 0 Å². The number of benzene rings is 8. The Hall–Kier alpha value is -7.04. The molecule has 0 amide bonds. The van der Waals surface area contributed by atoms with Crippen LogP contribution in [0, 0.1) is 0 Å². The molecule has 254 valence electrons. The van der Waals surface area contributed by atoms with E-state index in [4.69, 9.17) is 9.97 Å². The third-order valence-corrected chi connectivity index (χ3v) is 11.0. The molecule has 0 fully saturated rings. The molecule has 4 nitrogen and oxygen atoms in total. The van der Waals surface area contributed by atoms with Crippen LogP contribution < -0.4 is 9.80 Å². The Labute approximate surface area is 313 Å². The van der Waals surface area contributed by atoms with Gasteiger partial charge < -0.3 is 9.80 Å². The Bertz CT molecular complexity index is 2950. The molecule has 1 aromatic heterocycles. The smallest absolute Gasteiger partial charge is 0.116 e. The van der Waals surface area contributed by atoms with E-state index in [1.807, 2.05) is 0 Å². The van der Waals surface area contributed by atoms with Gasteiger partial charge in [0.1, 0.15) is 11.0 Å². The lowest BCUT2D eigenvalue weighted by atomic mass is 9.94. The van der Waals surface area contributed by atoms with Crippen LogP contribution in [0.2, 0.25) is 0 Å². The maximum absolute atomic E-state index is 5.72. The molecule has 0 saturated carbocycles. The summed E-state index contributed by atoms with van der Waals surface area (Å²) >= 11 is 0. The van der Waals surface area contributed by atoms with E-state index in [1.165, 1.54) is 38.4 Å². The highest BCUT2D eigenvalue weighted by Crippen LogP contribution is 2.50. The third kappa shape index (κ3) is 4.77. The normalized spacial score (nSPS) is 12.6. The summed E-state index contributed by atoms with van der Waals surface area (Å²) in [6.07, 6.45) is 6.53. The lowest BCUT2D eigenvalue weighted by molar-refractivity contribution is 0.979. The molecule has 0 radical (unpaired) electrons. The average Bonchev–Trinajstić information content (AvgIpc) is 3.55. The van der Waals surface area contributed by atoms with E-state index in [-0.39, 0.29) is 0 Å². The fraction of sp³-hybridized carbons (Fsp3) is 0.0400. The van der Waals surface area contributed by atoms with Crippen molar-refractivity contribution >= 4 is 72.8 Å². The predicted octanol–water partition coefficient (Wildman–Crippen LogP) is 13.5. The first-order valence-corrected chi connectivity index (χ1v) is 18.6. The largest absolute Gasteiger partial charge is 0.308 e. The predicted molar refractivity (Wildman–Crippen MR) is 226 cm³/mol. The fourth-order valence-electron chi connectivity index (χ4n) is 8.55. The summed E-state index contributed by atoms with van der Waals surface area (Å²) in [4.78, 5) is 16.2. The van der Waals surface area contributed by atoms with Crippen LogP contribution in [0.5, 0.6) is 0 Å². The van der Waals surface area contributed by atoms with Crippen LogP contribution in [-0.2, 0) is 6.42 Å². The van der Waals surface area contributed by atoms with Gasteiger partial charge in [0, 0.05) is 33.6 Å². The van der Waals surface area contributed by atoms with Crippen molar-refractivity contribution in [2.24, 2.45) is 0 Å². The van der Waals surface area contributed by atoms with Gasteiger partial charge in [0.2, 0.25) is 0 Å². The minimum absolute atomic E-state index is 0.846. The molecule has 0 bridgehead atoms. The van der Waals surface area contributed by atoms with E-state index in [2.05, 4.69) is 192 Å². The maximum atomic E-state index is 5.72. The van der Waals surface area contributed by atoms with Gasteiger partial charge in [-0.3, -0.25) is 0 Å². The van der Waals surface area contributed by atoms with E-state index >= 15 is 0 Å². The highest BCUT2D eigenvalue weighted by molar-refractivity contribution is 6.16. The molecule has 0 N–H and O–H groups in total. The lowest BCUT2D eigenvalue weighted by Gasteiger charge is -2.31. The molecule has 0 atom stereocenters. The highest BCUT2D eigenvalue weighted by atomic mass is 15.2. The van der Waals surface area contributed by atoms with E-state index in [9.17, 15) is 0 Å². The van der Waals surface area contributed by atoms with Crippen LogP contribution in [0.15, 0.2) is 176 Å². The average molecular weight is 691 g/mol. The van der Waals surface area contributed by atoms with Gasteiger partial charge in [0.25, 0.3) is 0 Å². The number of aromatic nitrogens is 2. The Morgan fingerprint density at radius 2 is 1.02 bits per heavy atom. The van der Waals surface area contributed by atoms with Crippen LogP contribution in [0.1, 0.15) is 17.5 Å². The summed E-state index contributed by atoms with van der Waals surface area (Å²) in [6, 6.07) is 60.8. The SMILES string of the molecule is C1=Cc2cccc(N(c3ccccc3)c3ccc(N(c4ccccc4)c4ccc5ccccc5c4)c4nc5c(nc34)-c3cccc4cccc-5c34)c2CC1. The highest BCUT2D eigenvalue weighted by Gasteiger charge is 2.30. The number of hydrogen-bond donors (Lipinski definition) is 0. The van der Waals surface area contributed by atoms with Crippen molar-refractivity contribution in [1.82, 2.24) is 9.97 Å². The molecule has 2 aliphatic carbocycles. The van der Waals surface area contributed by atoms with Gasteiger partial charge in [-0.25, -0.2) is 9.97 Å². The molecule has 0 aliphatic heterocycles. The van der Waals surface area contributed by atoms with Crippen molar-refractivity contribution < 1.29 is 0 Å². The molecule has 11 rings (SSSR count). The van der Waals surface area contributed by atoms with Gasteiger partial charge in [0.15, 0.2) is 0 Å². The van der Waals surface area contributed by atoms with Crippen molar-refractivity contribution in [3.63, 3.8) is 0 Å². The first kappa shape index (κ1) is 30.6.